The van der Waals surface area contributed by atoms with Crippen molar-refractivity contribution in [2.45, 2.75) is 19.0 Å². The number of alkyl halides is 3. The van der Waals surface area contributed by atoms with Gasteiger partial charge in [0, 0.05) is 32.6 Å². The van der Waals surface area contributed by atoms with Crippen molar-refractivity contribution in [3.05, 3.63) is 35.9 Å². The first-order valence-corrected chi connectivity index (χ1v) is 8.08. The summed E-state index contributed by atoms with van der Waals surface area (Å²) in [7, 11) is 0. The second-order valence-electron chi connectivity index (χ2n) is 6.20. The molecule has 1 fully saturated rings. The third-order valence-electron chi connectivity index (χ3n) is 4.22. The smallest absolute Gasteiger partial charge is 0.401 e. The molecule has 0 aromatic heterocycles. The van der Waals surface area contributed by atoms with E-state index in [0.717, 1.165) is 5.56 Å². The van der Waals surface area contributed by atoms with Crippen LogP contribution >= 0.6 is 0 Å². The Morgan fingerprint density at radius 3 is 2.20 bits per heavy atom. The number of rotatable bonds is 6. The van der Waals surface area contributed by atoms with Crippen molar-refractivity contribution in [1.82, 2.24) is 9.80 Å². The van der Waals surface area contributed by atoms with Gasteiger partial charge in [0.2, 0.25) is 5.91 Å². The Kier molecular flexibility index (Phi) is 6.41. The Morgan fingerprint density at radius 1 is 1.08 bits per heavy atom. The molecule has 8 heteroatoms. The summed E-state index contributed by atoms with van der Waals surface area (Å²) in [6.07, 6.45) is -4.16. The zero-order valence-corrected chi connectivity index (χ0v) is 13.7. The third kappa shape index (κ3) is 6.38. The molecule has 1 amide bonds. The normalized spacial score (nSPS) is 17.3. The molecule has 5 nitrogen and oxygen atoms in total. The Hall–Kier alpha value is -2.09. The number of piperazine rings is 1. The van der Waals surface area contributed by atoms with Crippen LogP contribution in [0.4, 0.5) is 13.2 Å². The van der Waals surface area contributed by atoms with Gasteiger partial charge in [0.25, 0.3) is 0 Å². The van der Waals surface area contributed by atoms with Gasteiger partial charge in [0.15, 0.2) is 0 Å². The number of halogens is 3. The maximum atomic E-state index is 12.4. The van der Waals surface area contributed by atoms with E-state index in [9.17, 15) is 27.9 Å². The topological polar surface area (TPSA) is 60.9 Å². The van der Waals surface area contributed by atoms with E-state index >= 15 is 0 Å². The van der Waals surface area contributed by atoms with Gasteiger partial charge in [-0.3, -0.25) is 14.5 Å². The van der Waals surface area contributed by atoms with Gasteiger partial charge >= 0.3 is 12.1 Å². The zero-order valence-electron chi connectivity index (χ0n) is 13.7. The minimum absolute atomic E-state index is 0.141. The maximum absolute atomic E-state index is 12.4. The van der Waals surface area contributed by atoms with E-state index in [-0.39, 0.29) is 44.9 Å². The Morgan fingerprint density at radius 2 is 1.68 bits per heavy atom. The molecule has 0 spiro atoms. The van der Waals surface area contributed by atoms with Gasteiger partial charge in [0.1, 0.15) is 0 Å². The fourth-order valence-corrected chi connectivity index (χ4v) is 2.89. The van der Waals surface area contributed by atoms with Crippen LogP contribution in [0.25, 0.3) is 0 Å². The van der Waals surface area contributed by atoms with Crippen molar-refractivity contribution >= 4 is 11.9 Å². The average Bonchev–Trinajstić information content (AvgIpc) is 2.54. The lowest BCUT2D eigenvalue weighted by atomic mass is 9.95. The summed E-state index contributed by atoms with van der Waals surface area (Å²) >= 11 is 0. The standard InChI is InChI=1S/C17H21F3N2O3/c18-17(19,20)12-21-6-8-22(9-7-21)15(23)11-14(16(24)25)10-13-4-2-1-3-5-13/h1-5,14H,6-12H2,(H,24,25)/t14-/m1/s1. The van der Waals surface area contributed by atoms with Gasteiger partial charge in [-0.15, -0.1) is 0 Å². The lowest BCUT2D eigenvalue weighted by Crippen LogP contribution is -2.51. The van der Waals surface area contributed by atoms with Gasteiger partial charge in [-0.2, -0.15) is 13.2 Å². The second-order valence-corrected chi connectivity index (χ2v) is 6.20. The average molecular weight is 358 g/mol. The number of amides is 1. The molecule has 138 valence electrons. The van der Waals surface area contributed by atoms with Crippen LogP contribution < -0.4 is 0 Å². The lowest BCUT2D eigenvalue weighted by molar-refractivity contribution is -0.153. The summed E-state index contributed by atoms with van der Waals surface area (Å²) in [5.41, 5.74) is 0.831. The fraction of sp³-hybridized carbons (Fsp3) is 0.529. The summed E-state index contributed by atoms with van der Waals surface area (Å²) in [5, 5.41) is 9.35. The van der Waals surface area contributed by atoms with E-state index < -0.39 is 24.6 Å². The molecule has 1 saturated heterocycles. The lowest BCUT2D eigenvalue weighted by Gasteiger charge is -2.35. The van der Waals surface area contributed by atoms with Crippen LogP contribution in [0.3, 0.4) is 0 Å². The molecule has 1 aromatic rings. The van der Waals surface area contributed by atoms with Crippen LogP contribution in [0.5, 0.6) is 0 Å². The molecule has 0 aliphatic carbocycles. The van der Waals surface area contributed by atoms with Crippen molar-refractivity contribution in [3.8, 4) is 0 Å². The number of benzene rings is 1. The molecule has 1 atom stereocenters. The predicted octanol–water partition coefficient (Wildman–Crippen LogP) is 2.03. The third-order valence-corrected chi connectivity index (χ3v) is 4.22. The van der Waals surface area contributed by atoms with Crippen LogP contribution in [0.2, 0.25) is 0 Å². The van der Waals surface area contributed by atoms with E-state index in [0.29, 0.717) is 0 Å². The van der Waals surface area contributed by atoms with E-state index in [2.05, 4.69) is 0 Å². The number of hydrogen-bond donors (Lipinski definition) is 1. The number of carboxylic acid groups (broad SMARTS) is 1. The first-order chi connectivity index (χ1) is 11.7. The van der Waals surface area contributed by atoms with Gasteiger partial charge in [-0.05, 0) is 12.0 Å². The molecule has 1 heterocycles. The SMILES string of the molecule is O=C(O)[C@@H](CC(=O)N1CCN(CC(F)(F)F)CC1)Cc1ccccc1. The van der Waals surface area contributed by atoms with Crippen molar-refractivity contribution < 1.29 is 27.9 Å². The van der Waals surface area contributed by atoms with Crippen molar-refractivity contribution in [2.75, 3.05) is 32.7 Å². The summed E-state index contributed by atoms with van der Waals surface area (Å²) in [5.74, 6) is -2.22. The highest BCUT2D eigenvalue weighted by Gasteiger charge is 2.33. The monoisotopic (exact) mass is 358 g/mol. The number of carbonyl (C=O) groups excluding carboxylic acids is 1. The molecule has 2 rings (SSSR count). The molecule has 25 heavy (non-hydrogen) atoms. The van der Waals surface area contributed by atoms with Crippen LogP contribution in [-0.2, 0) is 16.0 Å². The van der Waals surface area contributed by atoms with E-state index in [4.69, 9.17) is 0 Å². The molecular weight excluding hydrogens is 337 g/mol. The van der Waals surface area contributed by atoms with Crippen LogP contribution in [0.1, 0.15) is 12.0 Å². The van der Waals surface area contributed by atoms with Crippen molar-refractivity contribution in [2.24, 2.45) is 5.92 Å². The van der Waals surface area contributed by atoms with E-state index in [1.165, 1.54) is 9.80 Å². The van der Waals surface area contributed by atoms with E-state index in [1.54, 1.807) is 24.3 Å². The summed E-state index contributed by atoms with van der Waals surface area (Å²) in [6.45, 7) is -0.330. The minimum atomic E-state index is -4.25. The predicted molar refractivity (Wildman–Crippen MR) is 85.0 cm³/mol. The maximum Gasteiger partial charge on any atom is 0.401 e. The molecule has 1 aromatic carbocycles. The fourth-order valence-electron chi connectivity index (χ4n) is 2.89. The van der Waals surface area contributed by atoms with Gasteiger partial charge in [-0.1, -0.05) is 30.3 Å². The Bertz CT molecular complexity index is 585. The second kappa shape index (κ2) is 8.33. The molecular formula is C17H21F3N2O3. The number of carboxylic acids is 1. The highest BCUT2D eigenvalue weighted by atomic mass is 19.4. The Balaban J connectivity index is 1.86. The molecule has 1 aliphatic heterocycles. The molecule has 1 N–H and O–H groups in total. The van der Waals surface area contributed by atoms with Crippen LogP contribution in [0, 0.1) is 5.92 Å². The molecule has 0 bridgehead atoms. The number of aliphatic carboxylic acids is 1. The molecule has 1 aliphatic rings. The summed E-state index contributed by atoms with van der Waals surface area (Å²) in [4.78, 5) is 26.4. The quantitative estimate of drug-likeness (QED) is 0.845. The summed E-state index contributed by atoms with van der Waals surface area (Å²) in [6, 6.07) is 9.03. The zero-order chi connectivity index (χ0) is 18.4. The highest BCUT2D eigenvalue weighted by Crippen LogP contribution is 2.19. The number of nitrogens with zero attached hydrogens (tertiary/aromatic N) is 2. The van der Waals surface area contributed by atoms with Gasteiger partial charge in [-0.25, -0.2) is 0 Å². The number of hydrogen-bond acceptors (Lipinski definition) is 3. The molecule has 0 unspecified atom stereocenters. The van der Waals surface area contributed by atoms with Crippen molar-refractivity contribution in [3.63, 3.8) is 0 Å². The van der Waals surface area contributed by atoms with Gasteiger partial charge < -0.3 is 10.0 Å². The first kappa shape index (κ1) is 19.2. The Labute approximate surface area is 144 Å². The molecule has 0 saturated carbocycles. The molecule has 0 radical (unpaired) electrons. The summed E-state index contributed by atoms with van der Waals surface area (Å²) < 4.78 is 37.1. The van der Waals surface area contributed by atoms with Crippen LogP contribution in [-0.4, -0.2) is 65.7 Å². The largest absolute Gasteiger partial charge is 0.481 e. The van der Waals surface area contributed by atoms with Crippen LogP contribution in [0.15, 0.2) is 30.3 Å². The number of carbonyl (C=O) groups is 2. The van der Waals surface area contributed by atoms with E-state index in [1.807, 2.05) is 6.07 Å². The minimum Gasteiger partial charge on any atom is -0.481 e. The van der Waals surface area contributed by atoms with Crippen molar-refractivity contribution in [1.29, 1.82) is 0 Å². The van der Waals surface area contributed by atoms with Gasteiger partial charge in [0.05, 0.1) is 12.5 Å². The first-order valence-electron chi connectivity index (χ1n) is 8.08. The highest BCUT2D eigenvalue weighted by molar-refractivity contribution is 5.82.